The van der Waals surface area contributed by atoms with Gasteiger partial charge in [0.25, 0.3) is 0 Å². The van der Waals surface area contributed by atoms with Gasteiger partial charge in [0.2, 0.25) is 11.8 Å². The van der Waals surface area contributed by atoms with Gasteiger partial charge in [0.15, 0.2) is 0 Å². The van der Waals surface area contributed by atoms with E-state index in [0.29, 0.717) is 0 Å². The second kappa shape index (κ2) is 8.63. The summed E-state index contributed by atoms with van der Waals surface area (Å²) in [5, 5.41) is 5.85. The number of likely N-dealkylation sites (N-methyl/N-ethyl adjacent to an activating group) is 1. The van der Waals surface area contributed by atoms with E-state index in [9.17, 15) is 9.59 Å². The summed E-state index contributed by atoms with van der Waals surface area (Å²) in [6.07, 6.45) is 0. The average Bonchev–Trinajstić information content (AvgIpc) is 2.55. The molecule has 0 aliphatic rings. The molecule has 0 fully saturated rings. The fraction of sp³-hybridized carbons (Fsp3) is 0.333. The molecule has 26 heavy (non-hydrogen) atoms. The molecular weight excluding hydrogens is 326 g/mol. The van der Waals surface area contributed by atoms with E-state index in [1.807, 2.05) is 64.1 Å². The van der Waals surface area contributed by atoms with Gasteiger partial charge < -0.3 is 10.6 Å². The fourth-order valence-electron chi connectivity index (χ4n) is 2.81. The Hall–Kier alpha value is -2.66. The first-order valence-electron chi connectivity index (χ1n) is 8.68. The van der Waals surface area contributed by atoms with Crippen molar-refractivity contribution < 1.29 is 9.59 Å². The van der Waals surface area contributed by atoms with Crippen molar-refractivity contribution in [2.75, 3.05) is 30.8 Å². The maximum atomic E-state index is 12.3. The molecule has 0 aliphatic heterocycles. The highest BCUT2D eigenvalue weighted by Gasteiger charge is 2.13. The van der Waals surface area contributed by atoms with E-state index in [0.717, 1.165) is 33.6 Å². The van der Waals surface area contributed by atoms with Crippen LogP contribution in [0.5, 0.6) is 0 Å². The Balaban J connectivity index is 1.89. The van der Waals surface area contributed by atoms with Crippen LogP contribution in [0.4, 0.5) is 11.4 Å². The molecule has 5 nitrogen and oxygen atoms in total. The molecule has 0 heterocycles. The van der Waals surface area contributed by atoms with Crippen molar-refractivity contribution in [1.82, 2.24) is 4.90 Å². The van der Waals surface area contributed by atoms with Gasteiger partial charge in [0.05, 0.1) is 13.1 Å². The number of carbonyl (C=O) groups is 2. The summed E-state index contributed by atoms with van der Waals surface area (Å²) < 4.78 is 0. The van der Waals surface area contributed by atoms with E-state index in [-0.39, 0.29) is 24.9 Å². The summed E-state index contributed by atoms with van der Waals surface area (Å²) in [6, 6.07) is 11.7. The topological polar surface area (TPSA) is 61.4 Å². The molecule has 2 aromatic carbocycles. The molecule has 5 heteroatoms. The number of benzene rings is 2. The summed E-state index contributed by atoms with van der Waals surface area (Å²) in [7, 11) is 1.76. The molecule has 2 N–H and O–H groups in total. The van der Waals surface area contributed by atoms with E-state index in [1.54, 1.807) is 11.9 Å². The molecule has 2 rings (SSSR count). The molecule has 0 atom stereocenters. The van der Waals surface area contributed by atoms with Gasteiger partial charge in [-0.2, -0.15) is 0 Å². The van der Waals surface area contributed by atoms with Crippen molar-refractivity contribution in [2.24, 2.45) is 0 Å². The van der Waals surface area contributed by atoms with Gasteiger partial charge >= 0.3 is 0 Å². The summed E-state index contributed by atoms with van der Waals surface area (Å²) >= 11 is 0. The number of rotatable bonds is 6. The number of hydrogen-bond acceptors (Lipinski definition) is 3. The maximum Gasteiger partial charge on any atom is 0.238 e. The molecule has 0 aromatic heterocycles. The minimum absolute atomic E-state index is 0.135. The Morgan fingerprint density at radius 2 is 1.31 bits per heavy atom. The first kappa shape index (κ1) is 19.7. The number of nitrogens with one attached hydrogen (secondary N) is 2. The second-order valence-corrected chi connectivity index (χ2v) is 6.78. The number of carbonyl (C=O) groups excluding carboxylic acids is 2. The summed E-state index contributed by atoms with van der Waals surface area (Å²) in [5.41, 5.74) is 5.87. The van der Waals surface area contributed by atoms with Crippen molar-refractivity contribution in [3.8, 4) is 0 Å². The van der Waals surface area contributed by atoms with Crippen LogP contribution in [-0.2, 0) is 9.59 Å². The Labute approximate surface area is 155 Å². The van der Waals surface area contributed by atoms with Crippen LogP contribution < -0.4 is 10.6 Å². The highest BCUT2D eigenvalue weighted by atomic mass is 16.2. The number of para-hydroxylation sites is 1. The predicted octanol–water partition coefficient (Wildman–Crippen LogP) is 3.43. The Morgan fingerprint density at radius 3 is 1.92 bits per heavy atom. The van der Waals surface area contributed by atoms with E-state index in [1.165, 1.54) is 0 Å². The summed E-state index contributed by atoms with van der Waals surface area (Å²) in [6.45, 7) is 8.21. The second-order valence-electron chi connectivity index (χ2n) is 6.78. The molecule has 0 saturated heterocycles. The van der Waals surface area contributed by atoms with Crippen LogP contribution in [0.15, 0.2) is 36.4 Å². The third kappa shape index (κ3) is 5.17. The quantitative estimate of drug-likeness (QED) is 0.836. The van der Waals surface area contributed by atoms with Gasteiger partial charge in [-0.25, -0.2) is 0 Å². The molecule has 0 radical (unpaired) electrons. The monoisotopic (exact) mass is 353 g/mol. The highest BCUT2D eigenvalue weighted by Crippen LogP contribution is 2.19. The largest absolute Gasteiger partial charge is 0.325 e. The van der Waals surface area contributed by atoms with Crippen LogP contribution in [0.3, 0.4) is 0 Å². The van der Waals surface area contributed by atoms with Gasteiger partial charge in [-0.1, -0.05) is 30.3 Å². The fourth-order valence-corrected chi connectivity index (χ4v) is 2.81. The van der Waals surface area contributed by atoms with E-state index < -0.39 is 0 Å². The van der Waals surface area contributed by atoms with E-state index in [4.69, 9.17) is 0 Å². The first-order chi connectivity index (χ1) is 12.3. The van der Waals surface area contributed by atoms with Crippen LogP contribution in [0.1, 0.15) is 22.3 Å². The number of hydrogen-bond donors (Lipinski definition) is 2. The third-order valence-electron chi connectivity index (χ3n) is 4.45. The Bertz CT molecular complexity index is 795. The van der Waals surface area contributed by atoms with Crippen LogP contribution >= 0.6 is 0 Å². The first-order valence-corrected chi connectivity index (χ1v) is 8.68. The minimum Gasteiger partial charge on any atom is -0.325 e. The smallest absolute Gasteiger partial charge is 0.238 e. The predicted molar refractivity (Wildman–Crippen MR) is 107 cm³/mol. The molecule has 138 valence electrons. The van der Waals surface area contributed by atoms with Crippen molar-refractivity contribution in [1.29, 1.82) is 0 Å². The lowest BCUT2D eigenvalue weighted by atomic mass is 10.1. The number of aryl methyl sites for hydroxylation is 3. The molecule has 2 aromatic rings. The normalized spacial score (nSPS) is 10.7. The van der Waals surface area contributed by atoms with Crippen LogP contribution in [0, 0.1) is 27.7 Å². The Morgan fingerprint density at radius 1 is 0.808 bits per heavy atom. The molecule has 0 unspecified atom stereocenters. The SMILES string of the molecule is Cc1cccc(NC(=O)CN(C)CC(=O)Nc2c(C)cccc2C)c1C. The van der Waals surface area contributed by atoms with Crippen LogP contribution in [0.2, 0.25) is 0 Å². The zero-order chi connectivity index (χ0) is 19.3. The lowest BCUT2D eigenvalue weighted by molar-refractivity contribution is -0.119. The molecule has 2 amide bonds. The van der Waals surface area contributed by atoms with Gasteiger partial charge in [-0.15, -0.1) is 0 Å². The highest BCUT2D eigenvalue weighted by molar-refractivity contribution is 5.95. The van der Waals surface area contributed by atoms with Gasteiger partial charge in [0, 0.05) is 11.4 Å². The minimum atomic E-state index is -0.138. The zero-order valence-electron chi connectivity index (χ0n) is 16.1. The van der Waals surface area contributed by atoms with Gasteiger partial charge in [-0.05, 0) is 63.1 Å². The Kier molecular flexibility index (Phi) is 6.52. The van der Waals surface area contributed by atoms with Crippen molar-refractivity contribution in [3.63, 3.8) is 0 Å². The number of nitrogens with zero attached hydrogens (tertiary/aromatic N) is 1. The standard InChI is InChI=1S/C21H27N3O2/c1-14-8-7-11-18(17(14)4)22-19(25)12-24(5)13-20(26)23-21-15(2)9-6-10-16(21)3/h6-11H,12-13H2,1-5H3,(H,22,25)(H,23,26). The van der Waals surface area contributed by atoms with E-state index in [2.05, 4.69) is 10.6 Å². The van der Waals surface area contributed by atoms with Gasteiger partial charge in [0.1, 0.15) is 0 Å². The van der Waals surface area contributed by atoms with Crippen molar-refractivity contribution >= 4 is 23.2 Å². The lowest BCUT2D eigenvalue weighted by Gasteiger charge is -2.18. The molecule has 0 aliphatic carbocycles. The number of amides is 2. The van der Waals surface area contributed by atoms with Crippen molar-refractivity contribution in [3.05, 3.63) is 58.7 Å². The maximum absolute atomic E-state index is 12.3. The third-order valence-corrected chi connectivity index (χ3v) is 4.45. The van der Waals surface area contributed by atoms with Crippen LogP contribution in [0.25, 0.3) is 0 Å². The van der Waals surface area contributed by atoms with Gasteiger partial charge in [-0.3, -0.25) is 14.5 Å². The summed E-state index contributed by atoms with van der Waals surface area (Å²) in [5.74, 6) is -0.273. The van der Waals surface area contributed by atoms with Crippen molar-refractivity contribution in [2.45, 2.75) is 27.7 Å². The summed E-state index contributed by atoms with van der Waals surface area (Å²) in [4.78, 5) is 26.2. The zero-order valence-corrected chi connectivity index (χ0v) is 16.1. The molecule has 0 bridgehead atoms. The molecule has 0 spiro atoms. The van der Waals surface area contributed by atoms with E-state index >= 15 is 0 Å². The molecule has 0 saturated carbocycles. The van der Waals surface area contributed by atoms with Crippen LogP contribution in [-0.4, -0.2) is 36.9 Å². The molecular formula is C21H27N3O2. The average molecular weight is 353 g/mol. The lowest BCUT2D eigenvalue weighted by Crippen LogP contribution is -2.36. The number of anilines is 2.